The van der Waals surface area contributed by atoms with E-state index in [1.54, 1.807) is 11.8 Å². The maximum atomic E-state index is 13.5. The van der Waals surface area contributed by atoms with E-state index in [-0.39, 0.29) is 17.3 Å². The average molecular weight is 328 g/mol. The van der Waals surface area contributed by atoms with E-state index in [4.69, 9.17) is 4.74 Å². The van der Waals surface area contributed by atoms with E-state index < -0.39 is 30.1 Å². The lowest BCUT2D eigenvalue weighted by atomic mass is 9.94. The highest BCUT2D eigenvalue weighted by atomic mass is 32.2. The van der Waals surface area contributed by atoms with E-state index >= 15 is 0 Å². The van der Waals surface area contributed by atoms with E-state index in [0.29, 0.717) is 0 Å². The maximum Gasteiger partial charge on any atom is 0.311 e. The molecular weight excluding hydrogens is 310 g/mol. The van der Waals surface area contributed by atoms with E-state index in [1.165, 1.54) is 13.0 Å². The summed E-state index contributed by atoms with van der Waals surface area (Å²) in [5, 5.41) is 0. The molecule has 1 atom stereocenters. The zero-order chi connectivity index (χ0) is 16.1. The Balaban J connectivity index is 1.92. The molecule has 1 saturated heterocycles. The van der Waals surface area contributed by atoms with Crippen molar-refractivity contribution in [2.45, 2.75) is 32.3 Å². The molecule has 0 bridgehead atoms. The Hall–Kier alpha value is -1.43. The van der Waals surface area contributed by atoms with Crippen molar-refractivity contribution in [2.75, 3.05) is 11.5 Å². The van der Waals surface area contributed by atoms with Crippen LogP contribution in [0.5, 0.6) is 0 Å². The molecule has 2 rings (SSSR count). The lowest BCUT2D eigenvalue weighted by Gasteiger charge is -2.23. The number of benzene rings is 1. The molecule has 0 spiro atoms. The van der Waals surface area contributed by atoms with Crippen molar-refractivity contribution in [1.29, 1.82) is 0 Å². The predicted octanol–water partition coefficient (Wildman–Crippen LogP) is 3.15. The monoisotopic (exact) mass is 328 g/mol. The molecule has 1 aromatic carbocycles. The Morgan fingerprint density at radius 2 is 1.86 bits per heavy atom. The summed E-state index contributed by atoms with van der Waals surface area (Å²) >= 11 is 1.80. The Morgan fingerprint density at radius 1 is 1.27 bits per heavy atom. The first kappa shape index (κ1) is 16.9. The van der Waals surface area contributed by atoms with Crippen molar-refractivity contribution in [2.24, 2.45) is 5.92 Å². The molecule has 120 valence electrons. The highest BCUT2D eigenvalue weighted by Crippen LogP contribution is 2.25. The highest BCUT2D eigenvalue weighted by molar-refractivity contribution is 7.99. The molecule has 0 aromatic heterocycles. The second-order valence-electron chi connectivity index (χ2n) is 5.30. The molecule has 1 unspecified atom stereocenters. The molecule has 1 aliphatic rings. The topological polar surface area (TPSA) is 43.4 Å². The molecule has 22 heavy (non-hydrogen) atoms. The first-order valence-electron chi connectivity index (χ1n) is 7.23. The number of hydrogen-bond acceptors (Lipinski definition) is 4. The summed E-state index contributed by atoms with van der Waals surface area (Å²) in [6.07, 6.45) is 0.174. The smallest absolute Gasteiger partial charge is 0.311 e. The van der Waals surface area contributed by atoms with Gasteiger partial charge < -0.3 is 4.74 Å². The van der Waals surface area contributed by atoms with Crippen LogP contribution in [-0.4, -0.2) is 29.4 Å². The fraction of sp³-hybridized carbons (Fsp3) is 0.500. The van der Waals surface area contributed by atoms with Crippen LogP contribution in [0.3, 0.4) is 0 Å². The van der Waals surface area contributed by atoms with Gasteiger partial charge in [-0.1, -0.05) is 6.07 Å². The van der Waals surface area contributed by atoms with Crippen LogP contribution in [0.15, 0.2) is 18.2 Å². The quantitative estimate of drug-likeness (QED) is 0.779. The first-order valence-corrected chi connectivity index (χ1v) is 8.38. The standard InChI is InChI=1S/C16H18F2O3S/c1-10(16(20)11-5-7-22-8-6-11)21-15(19)9-12-13(17)3-2-4-14(12)18/h2-4,10-11H,5-9H2,1H3. The molecule has 1 heterocycles. The molecule has 1 aliphatic heterocycles. The van der Waals surface area contributed by atoms with Crippen LogP contribution in [0.2, 0.25) is 0 Å². The van der Waals surface area contributed by atoms with Crippen molar-refractivity contribution >= 4 is 23.5 Å². The maximum absolute atomic E-state index is 13.5. The summed E-state index contributed by atoms with van der Waals surface area (Å²) in [5.41, 5.74) is -0.332. The van der Waals surface area contributed by atoms with E-state index in [9.17, 15) is 18.4 Å². The molecule has 1 aromatic rings. The van der Waals surface area contributed by atoms with Crippen LogP contribution < -0.4 is 0 Å². The lowest BCUT2D eigenvalue weighted by molar-refractivity contribution is -0.154. The first-order chi connectivity index (χ1) is 10.5. The molecule has 0 aliphatic carbocycles. The summed E-state index contributed by atoms with van der Waals surface area (Å²) in [7, 11) is 0. The van der Waals surface area contributed by atoms with E-state index in [1.807, 2.05) is 0 Å². The molecule has 0 saturated carbocycles. The SMILES string of the molecule is CC(OC(=O)Cc1c(F)cccc1F)C(=O)C1CCSCC1. The van der Waals surface area contributed by atoms with Crippen LogP contribution in [0, 0.1) is 17.6 Å². The zero-order valence-corrected chi connectivity index (χ0v) is 13.1. The molecule has 0 amide bonds. The van der Waals surface area contributed by atoms with Gasteiger partial charge in [-0.15, -0.1) is 0 Å². The average Bonchev–Trinajstić information content (AvgIpc) is 2.51. The van der Waals surface area contributed by atoms with Crippen molar-refractivity contribution in [3.05, 3.63) is 35.4 Å². The second-order valence-corrected chi connectivity index (χ2v) is 6.52. The number of carbonyl (C=O) groups excluding carboxylic acids is 2. The van der Waals surface area contributed by atoms with E-state index in [0.717, 1.165) is 36.5 Å². The summed E-state index contributed by atoms with van der Waals surface area (Å²) in [4.78, 5) is 24.0. The Labute approximate surface area is 132 Å². The van der Waals surface area contributed by atoms with Crippen molar-refractivity contribution in [3.63, 3.8) is 0 Å². The number of ether oxygens (including phenoxy) is 1. The van der Waals surface area contributed by atoms with Crippen LogP contribution in [-0.2, 0) is 20.7 Å². The van der Waals surface area contributed by atoms with Gasteiger partial charge in [-0.25, -0.2) is 8.78 Å². The van der Waals surface area contributed by atoms with Crippen LogP contribution >= 0.6 is 11.8 Å². The van der Waals surface area contributed by atoms with Crippen LogP contribution in [0.4, 0.5) is 8.78 Å². The highest BCUT2D eigenvalue weighted by Gasteiger charge is 2.28. The fourth-order valence-electron chi connectivity index (χ4n) is 2.46. The summed E-state index contributed by atoms with van der Waals surface area (Å²) in [5.74, 6) is -0.720. The van der Waals surface area contributed by atoms with Gasteiger partial charge in [-0.3, -0.25) is 9.59 Å². The number of hydrogen-bond donors (Lipinski definition) is 0. The fourth-order valence-corrected chi connectivity index (χ4v) is 3.56. The Kier molecular flexibility index (Phi) is 5.94. The minimum atomic E-state index is -0.879. The van der Waals surface area contributed by atoms with Crippen molar-refractivity contribution in [1.82, 2.24) is 0 Å². The van der Waals surface area contributed by atoms with Gasteiger partial charge in [0.25, 0.3) is 0 Å². The largest absolute Gasteiger partial charge is 0.454 e. The molecule has 6 heteroatoms. The molecule has 0 N–H and O–H groups in total. The predicted molar refractivity (Wildman–Crippen MR) is 80.7 cm³/mol. The molecule has 0 radical (unpaired) electrons. The summed E-state index contributed by atoms with van der Waals surface area (Å²) < 4.78 is 32.0. The third kappa shape index (κ3) is 4.29. The number of thioether (sulfide) groups is 1. The normalized spacial score (nSPS) is 17.0. The third-order valence-corrected chi connectivity index (χ3v) is 4.76. The number of rotatable bonds is 5. The van der Waals surface area contributed by atoms with Gasteiger partial charge >= 0.3 is 5.97 Å². The molecular formula is C16H18F2O3S. The van der Waals surface area contributed by atoms with Crippen LogP contribution in [0.25, 0.3) is 0 Å². The Morgan fingerprint density at radius 3 is 2.45 bits per heavy atom. The Bertz CT molecular complexity index is 536. The van der Waals surface area contributed by atoms with Gasteiger partial charge in [0.2, 0.25) is 0 Å². The molecule has 1 fully saturated rings. The minimum Gasteiger partial charge on any atom is -0.454 e. The number of halogens is 2. The zero-order valence-electron chi connectivity index (χ0n) is 12.3. The van der Waals surface area contributed by atoms with Crippen LogP contribution in [0.1, 0.15) is 25.3 Å². The van der Waals surface area contributed by atoms with Crippen molar-refractivity contribution < 1.29 is 23.1 Å². The van der Waals surface area contributed by atoms with Gasteiger partial charge in [0.05, 0.1) is 6.42 Å². The van der Waals surface area contributed by atoms with E-state index in [2.05, 4.69) is 0 Å². The van der Waals surface area contributed by atoms with Gasteiger partial charge in [0.15, 0.2) is 11.9 Å². The minimum absolute atomic E-state index is 0.0887. The number of carbonyl (C=O) groups is 2. The van der Waals surface area contributed by atoms with Gasteiger partial charge in [0.1, 0.15) is 11.6 Å². The van der Waals surface area contributed by atoms with Crippen molar-refractivity contribution in [3.8, 4) is 0 Å². The third-order valence-electron chi connectivity index (χ3n) is 3.72. The summed E-state index contributed by atoms with van der Waals surface area (Å²) in [6.45, 7) is 1.51. The second kappa shape index (κ2) is 7.72. The molecule has 3 nitrogen and oxygen atoms in total. The van der Waals surface area contributed by atoms with Gasteiger partial charge in [0, 0.05) is 11.5 Å². The lowest BCUT2D eigenvalue weighted by Crippen LogP contribution is -2.32. The summed E-state index contributed by atoms with van der Waals surface area (Å²) in [6, 6.07) is 3.40. The van der Waals surface area contributed by atoms with Gasteiger partial charge in [-0.05, 0) is 43.4 Å². The van der Waals surface area contributed by atoms with Gasteiger partial charge in [-0.2, -0.15) is 11.8 Å². The number of esters is 1. The number of Topliss-reactive ketones (excluding diaryl/α,β-unsaturated/α-hetero) is 1. The number of ketones is 1.